The van der Waals surface area contributed by atoms with Gasteiger partial charge in [0.05, 0.1) is 5.56 Å². The lowest BCUT2D eigenvalue weighted by molar-refractivity contribution is 0.0940. The minimum absolute atomic E-state index is 0.00632. The molecule has 2 atom stereocenters. The van der Waals surface area contributed by atoms with Crippen LogP contribution < -0.4 is 5.32 Å². The minimum atomic E-state index is -0.0457. The fraction of sp³-hybridized carbons (Fsp3) is 0.350. The average molecular weight is 324 g/mol. The van der Waals surface area contributed by atoms with E-state index in [4.69, 9.17) is 0 Å². The molecule has 4 heteroatoms. The van der Waals surface area contributed by atoms with Gasteiger partial charge in [0.1, 0.15) is 0 Å². The van der Waals surface area contributed by atoms with Crippen molar-refractivity contribution in [3.8, 4) is 0 Å². The topological polar surface area (TPSA) is 54.3 Å². The molecule has 0 fully saturated rings. The van der Waals surface area contributed by atoms with E-state index >= 15 is 0 Å². The van der Waals surface area contributed by atoms with Gasteiger partial charge < -0.3 is 15.0 Å². The molecular weight excluding hydrogens is 300 g/mol. The van der Waals surface area contributed by atoms with Crippen LogP contribution in [0.2, 0.25) is 0 Å². The number of rotatable bonds is 5. The SMILES string of the molecule is Cc1cc(C(=O)N[C@@H]2C=C[C@H](CO)C2)c(C)n1Cc1ccccc1. The van der Waals surface area contributed by atoms with Gasteiger partial charge in [-0.2, -0.15) is 0 Å². The number of hydrogen-bond donors (Lipinski definition) is 2. The van der Waals surface area contributed by atoms with Gasteiger partial charge in [-0.15, -0.1) is 0 Å². The summed E-state index contributed by atoms with van der Waals surface area (Å²) < 4.78 is 2.17. The predicted octanol–water partition coefficient (Wildman–Crippen LogP) is 2.82. The molecule has 0 unspecified atom stereocenters. The standard InChI is InChI=1S/C20H24N2O2/c1-14-10-19(20(24)21-18-9-8-17(11-18)13-23)15(2)22(14)12-16-6-4-3-5-7-16/h3-10,17-18,23H,11-13H2,1-2H3,(H,21,24)/t17-,18+/m0/s1. The number of nitrogens with zero attached hydrogens (tertiary/aromatic N) is 1. The van der Waals surface area contributed by atoms with E-state index in [9.17, 15) is 9.90 Å². The molecule has 2 aromatic rings. The smallest absolute Gasteiger partial charge is 0.253 e. The second kappa shape index (κ2) is 7.05. The highest BCUT2D eigenvalue weighted by Gasteiger charge is 2.22. The van der Waals surface area contributed by atoms with Crippen LogP contribution in [-0.2, 0) is 6.54 Å². The second-order valence-electron chi connectivity index (χ2n) is 6.50. The zero-order chi connectivity index (χ0) is 17.1. The van der Waals surface area contributed by atoms with E-state index in [1.807, 2.05) is 50.3 Å². The summed E-state index contributed by atoms with van der Waals surface area (Å²) >= 11 is 0. The first kappa shape index (κ1) is 16.5. The van der Waals surface area contributed by atoms with Crippen molar-refractivity contribution in [1.82, 2.24) is 9.88 Å². The molecule has 1 aliphatic carbocycles. The fourth-order valence-electron chi connectivity index (χ4n) is 3.30. The first-order valence-corrected chi connectivity index (χ1v) is 8.39. The lowest BCUT2D eigenvalue weighted by Crippen LogP contribution is -2.33. The summed E-state index contributed by atoms with van der Waals surface area (Å²) in [5, 5.41) is 12.2. The Morgan fingerprint density at radius 3 is 2.67 bits per heavy atom. The van der Waals surface area contributed by atoms with Crippen LogP contribution in [0.5, 0.6) is 0 Å². The van der Waals surface area contributed by atoms with E-state index in [1.165, 1.54) is 5.56 Å². The number of nitrogens with one attached hydrogen (secondary N) is 1. The number of aliphatic hydroxyl groups excluding tert-OH is 1. The Kier molecular flexibility index (Phi) is 4.86. The molecule has 126 valence electrons. The molecule has 0 saturated carbocycles. The highest BCUT2D eigenvalue weighted by molar-refractivity contribution is 5.96. The molecule has 0 saturated heterocycles. The van der Waals surface area contributed by atoms with Gasteiger partial charge in [0.25, 0.3) is 5.91 Å². The molecule has 24 heavy (non-hydrogen) atoms. The summed E-state index contributed by atoms with van der Waals surface area (Å²) in [5.74, 6) is 0.108. The van der Waals surface area contributed by atoms with Crippen molar-refractivity contribution in [1.29, 1.82) is 0 Å². The molecule has 3 rings (SSSR count). The Bertz CT molecular complexity index is 746. The number of hydrogen-bond acceptors (Lipinski definition) is 2. The lowest BCUT2D eigenvalue weighted by atomic mass is 10.1. The second-order valence-corrected chi connectivity index (χ2v) is 6.50. The molecule has 0 radical (unpaired) electrons. The molecule has 0 aliphatic heterocycles. The minimum Gasteiger partial charge on any atom is -0.396 e. The highest BCUT2D eigenvalue weighted by atomic mass is 16.3. The zero-order valence-electron chi connectivity index (χ0n) is 14.2. The summed E-state index contributed by atoms with van der Waals surface area (Å²) in [6.45, 7) is 4.92. The van der Waals surface area contributed by atoms with Gasteiger partial charge in [-0.05, 0) is 31.9 Å². The number of carbonyl (C=O) groups is 1. The molecule has 1 aliphatic rings. The molecule has 4 nitrogen and oxygen atoms in total. The van der Waals surface area contributed by atoms with Gasteiger partial charge in [0.2, 0.25) is 0 Å². The van der Waals surface area contributed by atoms with Crippen molar-refractivity contribution < 1.29 is 9.90 Å². The molecule has 1 aromatic heterocycles. The van der Waals surface area contributed by atoms with Gasteiger partial charge in [0, 0.05) is 36.5 Å². The van der Waals surface area contributed by atoms with E-state index in [1.54, 1.807) is 0 Å². The van der Waals surface area contributed by atoms with Gasteiger partial charge in [-0.1, -0.05) is 42.5 Å². The van der Waals surface area contributed by atoms with Crippen LogP contribution in [0.25, 0.3) is 0 Å². The van der Waals surface area contributed by atoms with E-state index in [0.717, 1.165) is 29.9 Å². The van der Waals surface area contributed by atoms with Gasteiger partial charge in [-0.3, -0.25) is 4.79 Å². The zero-order valence-corrected chi connectivity index (χ0v) is 14.2. The Labute approximate surface area is 142 Å². The monoisotopic (exact) mass is 324 g/mol. The number of carbonyl (C=O) groups excluding carboxylic acids is 1. The summed E-state index contributed by atoms with van der Waals surface area (Å²) in [6, 6.07) is 12.2. The van der Waals surface area contributed by atoms with E-state index in [0.29, 0.717) is 0 Å². The molecule has 1 amide bonds. The van der Waals surface area contributed by atoms with Crippen LogP contribution in [0.1, 0.15) is 33.7 Å². The maximum absolute atomic E-state index is 12.6. The largest absolute Gasteiger partial charge is 0.396 e. The third-order valence-corrected chi connectivity index (χ3v) is 4.73. The Morgan fingerprint density at radius 1 is 1.25 bits per heavy atom. The Hall–Kier alpha value is -2.33. The van der Waals surface area contributed by atoms with Crippen LogP contribution >= 0.6 is 0 Å². The van der Waals surface area contributed by atoms with Gasteiger partial charge in [-0.25, -0.2) is 0 Å². The normalized spacial score (nSPS) is 19.6. The van der Waals surface area contributed by atoms with Gasteiger partial charge >= 0.3 is 0 Å². The first-order chi connectivity index (χ1) is 11.6. The van der Waals surface area contributed by atoms with Crippen LogP contribution in [0.15, 0.2) is 48.6 Å². The first-order valence-electron chi connectivity index (χ1n) is 8.39. The quantitative estimate of drug-likeness (QED) is 0.831. The third-order valence-electron chi connectivity index (χ3n) is 4.73. The fourth-order valence-corrected chi connectivity index (χ4v) is 3.30. The number of aromatic nitrogens is 1. The number of amides is 1. The number of aryl methyl sites for hydroxylation is 1. The summed E-state index contributed by atoms with van der Waals surface area (Å²) in [7, 11) is 0. The highest BCUT2D eigenvalue weighted by Crippen LogP contribution is 2.20. The van der Waals surface area contributed by atoms with Crippen LogP contribution in [0, 0.1) is 19.8 Å². The third kappa shape index (κ3) is 3.44. The van der Waals surface area contributed by atoms with Crippen molar-refractivity contribution in [3.63, 3.8) is 0 Å². The van der Waals surface area contributed by atoms with E-state index < -0.39 is 0 Å². The summed E-state index contributed by atoms with van der Waals surface area (Å²) in [4.78, 5) is 12.6. The number of aliphatic hydroxyl groups is 1. The molecule has 0 bridgehead atoms. The predicted molar refractivity (Wildman–Crippen MR) is 95.0 cm³/mol. The Morgan fingerprint density at radius 2 is 2.00 bits per heavy atom. The van der Waals surface area contributed by atoms with E-state index in [-0.39, 0.29) is 24.5 Å². The van der Waals surface area contributed by atoms with Crippen LogP contribution in [0.3, 0.4) is 0 Å². The van der Waals surface area contributed by atoms with Crippen LogP contribution in [-0.4, -0.2) is 28.2 Å². The summed E-state index contributed by atoms with van der Waals surface area (Å²) in [5.41, 5.74) is 4.01. The van der Waals surface area contributed by atoms with Crippen LogP contribution in [0.4, 0.5) is 0 Å². The lowest BCUT2D eigenvalue weighted by Gasteiger charge is -2.13. The van der Waals surface area contributed by atoms with E-state index in [2.05, 4.69) is 22.0 Å². The maximum Gasteiger partial charge on any atom is 0.253 e. The van der Waals surface area contributed by atoms with Crippen molar-refractivity contribution >= 4 is 5.91 Å². The molecule has 1 aromatic carbocycles. The van der Waals surface area contributed by atoms with Crippen molar-refractivity contribution in [2.75, 3.05) is 6.61 Å². The summed E-state index contributed by atoms with van der Waals surface area (Å²) in [6.07, 6.45) is 4.72. The molecule has 0 spiro atoms. The van der Waals surface area contributed by atoms with Crippen molar-refractivity contribution in [2.45, 2.75) is 32.9 Å². The molecule has 1 heterocycles. The molecular formula is C20H24N2O2. The van der Waals surface area contributed by atoms with Crippen molar-refractivity contribution in [2.24, 2.45) is 5.92 Å². The average Bonchev–Trinajstić information content (AvgIpc) is 3.15. The maximum atomic E-state index is 12.6. The number of benzene rings is 1. The van der Waals surface area contributed by atoms with Crippen molar-refractivity contribution in [3.05, 3.63) is 71.1 Å². The molecule has 2 N–H and O–H groups in total. The Balaban J connectivity index is 1.74. The van der Waals surface area contributed by atoms with Gasteiger partial charge in [0.15, 0.2) is 0 Å².